The number of aliphatic hydroxyl groups is 1. The first kappa shape index (κ1) is 12.8. The summed E-state index contributed by atoms with van der Waals surface area (Å²) < 4.78 is 13.3. The van der Waals surface area contributed by atoms with Gasteiger partial charge >= 0.3 is 0 Å². The molecule has 3 aromatic rings. The van der Waals surface area contributed by atoms with E-state index in [0.29, 0.717) is 11.1 Å². The van der Waals surface area contributed by atoms with Crippen LogP contribution in [-0.2, 0) is 0 Å². The fourth-order valence-corrected chi connectivity index (χ4v) is 2.29. The van der Waals surface area contributed by atoms with Crippen molar-refractivity contribution in [3.63, 3.8) is 0 Å². The van der Waals surface area contributed by atoms with Crippen LogP contribution in [0.5, 0.6) is 0 Å². The minimum atomic E-state index is -0.765. The number of aryl methyl sites for hydroxylation is 1. The van der Waals surface area contributed by atoms with Crippen molar-refractivity contribution in [3.05, 3.63) is 77.2 Å². The predicted octanol–water partition coefficient (Wildman–Crippen LogP) is 3.76. The van der Waals surface area contributed by atoms with Gasteiger partial charge < -0.3 is 5.11 Å². The fraction of sp³-hybridized carbons (Fsp3) is 0.118. The van der Waals surface area contributed by atoms with Crippen LogP contribution < -0.4 is 0 Å². The van der Waals surface area contributed by atoms with E-state index in [1.54, 1.807) is 25.3 Å². The Morgan fingerprint density at radius 3 is 2.60 bits per heavy atom. The SMILES string of the molecule is Cc1cc(C(O)c2ccc3ncccc3c2)ccc1F. The second kappa shape index (κ2) is 5.02. The van der Waals surface area contributed by atoms with E-state index in [1.807, 2.05) is 30.3 Å². The molecule has 0 aliphatic carbocycles. The molecule has 0 amide bonds. The first-order chi connectivity index (χ1) is 9.65. The Kier molecular flexibility index (Phi) is 3.20. The minimum absolute atomic E-state index is 0.260. The third-order valence-corrected chi connectivity index (χ3v) is 3.44. The summed E-state index contributed by atoms with van der Waals surface area (Å²) in [6.07, 6.45) is 0.973. The highest BCUT2D eigenvalue weighted by Gasteiger charge is 2.12. The molecule has 0 aliphatic heterocycles. The van der Waals surface area contributed by atoms with Gasteiger partial charge in [-0.3, -0.25) is 4.98 Å². The number of pyridine rings is 1. The molecule has 20 heavy (non-hydrogen) atoms. The second-order valence-electron chi connectivity index (χ2n) is 4.87. The average Bonchev–Trinajstić information content (AvgIpc) is 2.49. The number of benzene rings is 2. The van der Waals surface area contributed by atoms with E-state index in [0.717, 1.165) is 16.5 Å². The summed E-state index contributed by atoms with van der Waals surface area (Å²) in [5.41, 5.74) is 2.88. The van der Waals surface area contributed by atoms with Crippen molar-refractivity contribution in [2.45, 2.75) is 13.0 Å². The van der Waals surface area contributed by atoms with Crippen LogP contribution in [0.1, 0.15) is 22.8 Å². The molecule has 1 aromatic heterocycles. The summed E-state index contributed by atoms with van der Waals surface area (Å²) in [6.45, 7) is 1.69. The Labute approximate surface area is 116 Å². The first-order valence-corrected chi connectivity index (χ1v) is 6.44. The van der Waals surface area contributed by atoms with E-state index in [9.17, 15) is 9.50 Å². The van der Waals surface area contributed by atoms with Crippen molar-refractivity contribution in [3.8, 4) is 0 Å². The van der Waals surface area contributed by atoms with Gasteiger partial charge in [0.1, 0.15) is 11.9 Å². The third kappa shape index (κ3) is 2.28. The van der Waals surface area contributed by atoms with Crippen molar-refractivity contribution in [2.75, 3.05) is 0 Å². The molecule has 1 heterocycles. The summed E-state index contributed by atoms with van der Waals surface area (Å²) in [4.78, 5) is 4.25. The van der Waals surface area contributed by atoms with Gasteiger partial charge in [-0.05, 0) is 47.9 Å². The van der Waals surface area contributed by atoms with Crippen molar-refractivity contribution in [1.29, 1.82) is 0 Å². The van der Waals surface area contributed by atoms with Crippen molar-refractivity contribution >= 4 is 10.9 Å². The molecule has 0 spiro atoms. The Morgan fingerprint density at radius 1 is 1.05 bits per heavy atom. The summed E-state index contributed by atoms with van der Waals surface area (Å²) in [5, 5.41) is 11.4. The van der Waals surface area contributed by atoms with Gasteiger partial charge in [0.15, 0.2) is 0 Å². The van der Waals surface area contributed by atoms with Gasteiger partial charge in [0.05, 0.1) is 5.52 Å². The molecule has 0 aliphatic rings. The predicted molar refractivity (Wildman–Crippen MR) is 76.9 cm³/mol. The number of nitrogens with zero attached hydrogens (tertiary/aromatic N) is 1. The lowest BCUT2D eigenvalue weighted by Crippen LogP contribution is -2.01. The molecule has 3 heteroatoms. The molecule has 2 nitrogen and oxygen atoms in total. The van der Waals surface area contributed by atoms with Crippen molar-refractivity contribution in [2.24, 2.45) is 0 Å². The van der Waals surface area contributed by atoms with Crippen LogP contribution >= 0.6 is 0 Å². The zero-order chi connectivity index (χ0) is 14.1. The molecule has 1 N–H and O–H groups in total. The van der Waals surface area contributed by atoms with Crippen molar-refractivity contribution in [1.82, 2.24) is 4.98 Å². The highest BCUT2D eigenvalue weighted by molar-refractivity contribution is 5.79. The lowest BCUT2D eigenvalue weighted by molar-refractivity contribution is 0.220. The van der Waals surface area contributed by atoms with E-state index in [1.165, 1.54) is 6.07 Å². The summed E-state index contributed by atoms with van der Waals surface area (Å²) >= 11 is 0. The highest BCUT2D eigenvalue weighted by Crippen LogP contribution is 2.25. The maximum absolute atomic E-state index is 13.3. The molecule has 0 fully saturated rings. The average molecular weight is 267 g/mol. The lowest BCUT2D eigenvalue weighted by Gasteiger charge is -2.13. The van der Waals surface area contributed by atoms with Crippen LogP contribution in [-0.4, -0.2) is 10.1 Å². The molecule has 3 rings (SSSR count). The monoisotopic (exact) mass is 267 g/mol. The Hall–Kier alpha value is -2.26. The number of aromatic nitrogens is 1. The third-order valence-electron chi connectivity index (χ3n) is 3.44. The smallest absolute Gasteiger partial charge is 0.126 e. The van der Waals surface area contributed by atoms with E-state index in [2.05, 4.69) is 4.98 Å². The Bertz CT molecular complexity index is 770. The molecule has 0 saturated carbocycles. The van der Waals surface area contributed by atoms with Gasteiger partial charge in [-0.1, -0.05) is 24.3 Å². The van der Waals surface area contributed by atoms with Gasteiger partial charge in [0.2, 0.25) is 0 Å². The zero-order valence-electron chi connectivity index (χ0n) is 11.0. The van der Waals surface area contributed by atoms with Crippen LogP contribution in [0.3, 0.4) is 0 Å². The van der Waals surface area contributed by atoms with Crippen LogP contribution in [0.2, 0.25) is 0 Å². The lowest BCUT2D eigenvalue weighted by atomic mass is 9.98. The maximum atomic E-state index is 13.3. The molecule has 1 atom stereocenters. The van der Waals surface area contributed by atoms with Gasteiger partial charge in [-0.15, -0.1) is 0 Å². The van der Waals surface area contributed by atoms with Gasteiger partial charge in [-0.25, -0.2) is 4.39 Å². The van der Waals surface area contributed by atoms with E-state index >= 15 is 0 Å². The number of halogens is 1. The summed E-state index contributed by atoms with van der Waals surface area (Å²) in [7, 11) is 0. The molecule has 100 valence electrons. The quantitative estimate of drug-likeness (QED) is 0.766. The molecule has 1 unspecified atom stereocenters. The molecule has 2 aromatic carbocycles. The van der Waals surface area contributed by atoms with E-state index in [-0.39, 0.29) is 5.82 Å². The number of rotatable bonds is 2. The standard InChI is InChI=1S/C17H14FNO/c1-11-9-13(4-6-15(11)18)17(20)14-5-7-16-12(10-14)3-2-8-19-16/h2-10,17,20H,1H3. The van der Waals surface area contributed by atoms with E-state index < -0.39 is 6.10 Å². The van der Waals surface area contributed by atoms with Crippen LogP contribution in [0, 0.1) is 12.7 Å². The molecular formula is C17H14FNO. The maximum Gasteiger partial charge on any atom is 0.126 e. The Balaban J connectivity index is 2.02. The highest BCUT2D eigenvalue weighted by atomic mass is 19.1. The normalized spacial score (nSPS) is 12.6. The first-order valence-electron chi connectivity index (χ1n) is 6.44. The van der Waals surface area contributed by atoms with Gasteiger partial charge in [-0.2, -0.15) is 0 Å². The second-order valence-corrected chi connectivity index (χ2v) is 4.87. The fourth-order valence-electron chi connectivity index (χ4n) is 2.29. The zero-order valence-corrected chi connectivity index (χ0v) is 11.0. The van der Waals surface area contributed by atoms with Gasteiger partial charge in [0.25, 0.3) is 0 Å². The minimum Gasteiger partial charge on any atom is -0.384 e. The van der Waals surface area contributed by atoms with Crippen LogP contribution in [0.15, 0.2) is 54.7 Å². The number of aliphatic hydroxyl groups excluding tert-OH is 1. The molecule has 0 radical (unpaired) electrons. The number of hydrogen-bond donors (Lipinski definition) is 1. The van der Waals surface area contributed by atoms with Crippen molar-refractivity contribution < 1.29 is 9.50 Å². The van der Waals surface area contributed by atoms with E-state index in [4.69, 9.17) is 0 Å². The summed E-state index contributed by atoms with van der Waals surface area (Å²) in [5.74, 6) is -0.260. The molecular weight excluding hydrogens is 253 g/mol. The van der Waals surface area contributed by atoms with Crippen LogP contribution in [0.25, 0.3) is 10.9 Å². The summed E-state index contributed by atoms with van der Waals surface area (Å²) in [6, 6.07) is 14.1. The number of hydrogen-bond acceptors (Lipinski definition) is 2. The largest absolute Gasteiger partial charge is 0.384 e. The van der Waals surface area contributed by atoms with Crippen LogP contribution in [0.4, 0.5) is 4.39 Å². The molecule has 0 bridgehead atoms. The topological polar surface area (TPSA) is 33.1 Å². The molecule has 0 saturated heterocycles. The Morgan fingerprint density at radius 2 is 1.80 bits per heavy atom. The van der Waals surface area contributed by atoms with Gasteiger partial charge in [0, 0.05) is 11.6 Å². The number of fused-ring (bicyclic) bond motifs is 1.